The van der Waals surface area contributed by atoms with Gasteiger partial charge in [0.15, 0.2) is 5.96 Å². The number of rotatable bonds is 4. The summed E-state index contributed by atoms with van der Waals surface area (Å²) in [6.07, 6.45) is 4.12. The van der Waals surface area contributed by atoms with E-state index in [9.17, 15) is 0 Å². The molecule has 1 aliphatic rings. The van der Waals surface area contributed by atoms with Gasteiger partial charge in [0.2, 0.25) is 0 Å². The Bertz CT molecular complexity index is 197. The van der Waals surface area contributed by atoms with Crippen molar-refractivity contribution in [2.45, 2.75) is 26.2 Å². The maximum Gasteiger partial charge on any atom is 0.188 e. The van der Waals surface area contributed by atoms with E-state index in [0.29, 0.717) is 11.9 Å². The number of guanidine groups is 1. The summed E-state index contributed by atoms with van der Waals surface area (Å²) >= 11 is 0. The van der Waals surface area contributed by atoms with E-state index in [4.69, 9.17) is 5.73 Å². The van der Waals surface area contributed by atoms with Gasteiger partial charge in [-0.3, -0.25) is 4.99 Å². The molecule has 0 radical (unpaired) electrons. The zero-order valence-corrected chi connectivity index (χ0v) is 10.00. The molecule has 4 heteroatoms. The van der Waals surface area contributed by atoms with Crippen LogP contribution in [0.4, 0.5) is 0 Å². The Morgan fingerprint density at radius 1 is 1.40 bits per heavy atom. The van der Waals surface area contributed by atoms with E-state index in [1.54, 1.807) is 7.05 Å². The largest absolute Gasteiger partial charge is 0.370 e. The van der Waals surface area contributed by atoms with Crippen molar-refractivity contribution in [3.8, 4) is 0 Å². The van der Waals surface area contributed by atoms with Crippen LogP contribution in [-0.4, -0.2) is 44.1 Å². The van der Waals surface area contributed by atoms with E-state index in [1.807, 2.05) is 0 Å². The molecule has 1 rings (SSSR count). The highest BCUT2D eigenvalue weighted by molar-refractivity contribution is 5.77. The molecule has 0 bridgehead atoms. The fraction of sp³-hybridized carbons (Fsp3) is 0.909. The lowest BCUT2D eigenvalue weighted by Gasteiger charge is -2.29. The Labute approximate surface area is 92.9 Å². The predicted octanol–water partition coefficient (Wildman–Crippen LogP) is 0.643. The van der Waals surface area contributed by atoms with Crippen molar-refractivity contribution in [2.24, 2.45) is 16.6 Å². The summed E-state index contributed by atoms with van der Waals surface area (Å²) in [7, 11) is 1.71. The molecule has 1 heterocycles. The lowest BCUT2D eigenvalue weighted by molar-refractivity contribution is 0.201. The van der Waals surface area contributed by atoms with Crippen LogP contribution in [0, 0.1) is 5.92 Å². The average Bonchev–Trinajstić information content (AvgIpc) is 2.27. The Morgan fingerprint density at radius 2 is 2.07 bits per heavy atom. The van der Waals surface area contributed by atoms with Crippen LogP contribution in [0.25, 0.3) is 0 Å². The van der Waals surface area contributed by atoms with Crippen molar-refractivity contribution in [2.75, 3.05) is 33.2 Å². The van der Waals surface area contributed by atoms with Gasteiger partial charge in [-0.05, 0) is 31.8 Å². The minimum Gasteiger partial charge on any atom is -0.370 e. The molecule has 0 aromatic rings. The molecule has 0 aliphatic carbocycles. The molecule has 0 unspecified atom stereocenters. The standard InChI is InChI=1S/C11H24N4/c1-10(8-14-11(12)13-2)9-15-6-4-3-5-7-15/h10H,3-9H2,1-2H3,(H3,12,13,14)/t10-/m0/s1. The Morgan fingerprint density at radius 3 is 2.67 bits per heavy atom. The molecule has 1 atom stereocenters. The first kappa shape index (κ1) is 12.3. The van der Waals surface area contributed by atoms with Gasteiger partial charge in [-0.2, -0.15) is 0 Å². The zero-order chi connectivity index (χ0) is 11.1. The number of likely N-dealkylation sites (tertiary alicyclic amines) is 1. The highest BCUT2D eigenvalue weighted by Gasteiger charge is 2.13. The second-order valence-electron chi connectivity index (χ2n) is 4.46. The van der Waals surface area contributed by atoms with E-state index in [1.165, 1.54) is 38.9 Å². The first-order chi connectivity index (χ1) is 7.22. The van der Waals surface area contributed by atoms with Gasteiger partial charge in [-0.15, -0.1) is 0 Å². The molecule has 1 aliphatic heterocycles. The van der Waals surface area contributed by atoms with Crippen LogP contribution in [0.1, 0.15) is 26.2 Å². The summed E-state index contributed by atoms with van der Waals surface area (Å²) in [4.78, 5) is 6.43. The van der Waals surface area contributed by atoms with Crippen molar-refractivity contribution >= 4 is 5.96 Å². The molecule has 0 spiro atoms. The third kappa shape index (κ3) is 5.02. The lowest BCUT2D eigenvalue weighted by atomic mass is 10.1. The first-order valence-corrected chi connectivity index (χ1v) is 5.91. The highest BCUT2D eigenvalue weighted by Crippen LogP contribution is 2.10. The third-order valence-corrected chi connectivity index (χ3v) is 2.89. The number of hydrogen-bond donors (Lipinski definition) is 2. The van der Waals surface area contributed by atoms with Crippen LogP contribution in [0.5, 0.6) is 0 Å². The third-order valence-electron chi connectivity index (χ3n) is 2.89. The van der Waals surface area contributed by atoms with Crippen LogP contribution < -0.4 is 11.1 Å². The minimum absolute atomic E-state index is 0.542. The average molecular weight is 212 g/mol. The van der Waals surface area contributed by atoms with Gasteiger partial charge < -0.3 is 16.0 Å². The van der Waals surface area contributed by atoms with Gasteiger partial charge in [-0.1, -0.05) is 13.3 Å². The number of piperidine rings is 1. The fourth-order valence-electron chi connectivity index (χ4n) is 2.01. The monoisotopic (exact) mass is 212 g/mol. The molecule has 1 saturated heterocycles. The van der Waals surface area contributed by atoms with Crippen LogP contribution >= 0.6 is 0 Å². The number of hydrogen-bond acceptors (Lipinski definition) is 2. The number of nitrogens with one attached hydrogen (secondary N) is 1. The zero-order valence-electron chi connectivity index (χ0n) is 10.00. The quantitative estimate of drug-likeness (QED) is 0.531. The minimum atomic E-state index is 0.542. The van der Waals surface area contributed by atoms with E-state index in [-0.39, 0.29) is 0 Å². The highest BCUT2D eigenvalue weighted by atomic mass is 15.1. The van der Waals surface area contributed by atoms with Gasteiger partial charge in [0, 0.05) is 20.1 Å². The summed E-state index contributed by atoms with van der Waals surface area (Å²) in [6.45, 7) is 6.87. The number of nitrogens with zero attached hydrogens (tertiary/aromatic N) is 2. The van der Waals surface area contributed by atoms with Crippen LogP contribution in [0.2, 0.25) is 0 Å². The molecule has 88 valence electrons. The molecule has 15 heavy (non-hydrogen) atoms. The van der Waals surface area contributed by atoms with Crippen molar-refractivity contribution in [3.63, 3.8) is 0 Å². The molecular weight excluding hydrogens is 188 g/mol. The molecule has 4 nitrogen and oxygen atoms in total. The fourth-order valence-corrected chi connectivity index (χ4v) is 2.01. The van der Waals surface area contributed by atoms with Crippen LogP contribution in [0.3, 0.4) is 0 Å². The second-order valence-corrected chi connectivity index (χ2v) is 4.46. The number of nitrogens with two attached hydrogens (primary N) is 1. The summed E-state index contributed by atoms with van der Waals surface area (Å²) in [6, 6.07) is 0. The van der Waals surface area contributed by atoms with E-state index < -0.39 is 0 Å². The maximum atomic E-state index is 5.58. The van der Waals surface area contributed by atoms with Crippen LogP contribution in [0.15, 0.2) is 4.99 Å². The van der Waals surface area contributed by atoms with Gasteiger partial charge in [0.1, 0.15) is 0 Å². The van der Waals surface area contributed by atoms with E-state index >= 15 is 0 Å². The Kier molecular flexibility index (Phi) is 5.47. The molecule has 0 aromatic carbocycles. The maximum absolute atomic E-state index is 5.58. The van der Waals surface area contributed by atoms with Crippen molar-refractivity contribution in [1.29, 1.82) is 0 Å². The Hall–Kier alpha value is -0.770. The van der Waals surface area contributed by atoms with E-state index in [0.717, 1.165) is 6.54 Å². The molecule has 1 fully saturated rings. The summed E-state index contributed by atoms with van der Waals surface area (Å²) in [5, 5.41) is 3.12. The van der Waals surface area contributed by atoms with E-state index in [2.05, 4.69) is 22.1 Å². The second kappa shape index (κ2) is 6.67. The summed E-state index contributed by atoms with van der Waals surface area (Å²) < 4.78 is 0. The lowest BCUT2D eigenvalue weighted by Crippen LogP contribution is -2.40. The van der Waals surface area contributed by atoms with Crippen molar-refractivity contribution in [3.05, 3.63) is 0 Å². The van der Waals surface area contributed by atoms with Gasteiger partial charge in [0.25, 0.3) is 0 Å². The summed E-state index contributed by atoms with van der Waals surface area (Å²) in [5.74, 6) is 1.17. The van der Waals surface area contributed by atoms with Gasteiger partial charge in [-0.25, -0.2) is 0 Å². The normalized spacial score (nSPS) is 21.3. The topological polar surface area (TPSA) is 53.6 Å². The van der Waals surface area contributed by atoms with Gasteiger partial charge >= 0.3 is 0 Å². The molecule has 0 aromatic heterocycles. The van der Waals surface area contributed by atoms with Crippen molar-refractivity contribution < 1.29 is 0 Å². The molecular formula is C11H24N4. The Balaban J connectivity index is 2.14. The summed E-state index contributed by atoms with van der Waals surface area (Å²) in [5.41, 5.74) is 5.58. The molecule has 0 saturated carbocycles. The van der Waals surface area contributed by atoms with Crippen molar-refractivity contribution in [1.82, 2.24) is 10.2 Å². The van der Waals surface area contributed by atoms with Crippen LogP contribution in [-0.2, 0) is 0 Å². The smallest absolute Gasteiger partial charge is 0.188 e. The van der Waals surface area contributed by atoms with Gasteiger partial charge in [0.05, 0.1) is 0 Å². The first-order valence-electron chi connectivity index (χ1n) is 5.91. The predicted molar refractivity (Wildman–Crippen MR) is 65.0 cm³/mol. The molecule has 3 N–H and O–H groups in total. The SMILES string of the molecule is CN=C(N)NC[C@H](C)CN1CCCCC1. The number of aliphatic imine (C=N–C) groups is 1. The molecule has 0 amide bonds.